The zero-order valence-corrected chi connectivity index (χ0v) is 6.73. The van der Waals surface area contributed by atoms with Crippen molar-refractivity contribution >= 4 is 5.97 Å². The van der Waals surface area contributed by atoms with Crippen LogP contribution in [0.15, 0.2) is 0 Å². The van der Waals surface area contributed by atoms with Crippen LogP contribution in [0.4, 0.5) is 0 Å². The summed E-state index contributed by atoms with van der Waals surface area (Å²) < 4.78 is 10.5. The summed E-state index contributed by atoms with van der Waals surface area (Å²) >= 11 is 0. The summed E-state index contributed by atoms with van der Waals surface area (Å²) in [5.74, 6) is -0.541. The molecular formula is C8H12O4. The van der Waals surface area contributed by atoms with Crippen molar-refractivity contribution in [2.75, 3.05) is 13.2 Å². The second kappa shape index (κ2) is 3.03. The van der Waals surface area contributed by atoms with Crippen LogP contribution >= 0.6 is 0 Å². The molecule has 2 rings (SSSR count). The molecule has 2 fully saturated rings. The highest BCUT2D eigenvalue weighted by Gasteiger charge is 2.41. The van der Waals surface area contributed by atoms with E-state index in [1.165, 1.54) is 0 Å². The summed E-state index contributed by atoms with van der Waals surface area (Å²) in [5.41, 5.74) is 0. The molecule has 1 saturated carbocycles. The highest BCUT2D eigenvalue weighted by atomic mass is 16.7. The molecule has 0 radical (unpaired) electrons. The third kappa shape index (κ3) is 1.32. The van der Waals surface area contributed by atoms with Crippen molar-refractivity contribution in [3.8, 4) is 0 Å². The van der Waals surface area contributed by atoms with Gasteiger partial charge in [0, 0.05) is 5.92 Å². The number of carbonyl (C=O) groups is 1. The lowest BCUT2D eigenvalue weighted by atomic mass is 9.74. The number of hydrogen-bond donors (Lipinski definition) is 1. The van der Waals surface area contributed by atoms with Crippen molar-refractivity contribution in [2.24, 2.45) is 11.8 Å². The Bertz CT molecular complexity index is 179. The highest BCUT2D eigenvalue weighted by molar-refractivity contribution is 5.71. The van der Waals surface area contributed by atoms with Gasteiger partial charge in [-0.2, -0.15) is 0 Å². The normalized spacial score (nSPS) is 36.3. The minimum atomic E-state index is -0.691. The van der Waals surface area contributed by atoms with Crippen molar-refractivity contribution in [1.82, 2.24) is 0 Å². The van der Waals surface area contributed by atoms with E-state index in [0.29, 0.717) is 32.0 Å². The van der Waals surface area contributed by atoms with Crippen molar-refractivity contribution in [3.05, 3.63) is 0 Å². The van der Waals surface area contributed by atoms with Gasteiger partial charge in [-0.25, -0.2) is 0 Å². The molecular weight excluding hydrogens is 160 g/mol. The standard InChI is InChI=1S/C8H12O4/c9-7(10)5-3-6(4-5)8-11-1-2-12-8/h5-6,8H,1-4H2,(H,9,10). The van der Waals surface area contributed by atoms with Crippen LogP contribution in [0.2, 0.25) is 0 Å². The van der Waals surface area contributed by atoms with Crippen LogP contribution in [0.5, 0.6) is 0 Å². The van der Waals surface area contributed by atoms with Gasteiger partial charge in [0.25, 0.3) is 0 Å². The van der Waals surface area contributed by atoms with Gasteiger partial charge < -0.3 is 14.6 Å². The third-order valence-electron chi connectivity index (χ3n) is 2.56. The number of carboxylic acids is 1. The summed E-state index contributed by atoms with van der Waals surface area (Å²) in [4.78, 5) is 10.5. The number of hydrogen-bond acceptors (Lipinski definition) is 3. The first-order valence-electron chi connectivity index (χ1n) is 4.23. The fraction of sp³-hybridized carbons (Fsp3) is 0.875. The third-order valence-corrected chi connectivity index (χ3v) is 2.56. The quantitative estimate of drug-likeness (QED) is 0.657. The molecule has 1 saturated heterocycles. The van der Waals surface area contributed by atoms with E-state index >= 15 is 0 Å². The van der Waals surface area contributed by atoms with Crippen LogP contribution in [-0.2, 0) is 14.3 Å². The molecule has 0 aromatic heterocycles. The zero-order valence-electron chi connectivity index (χ0n) is 6.73. The molecule has 0 spiro atoms. The smallest absolute Gasteiger partial charge is 0.306 e. The number of rotatable bonds is 2. The maximum atomic E-state index is 10.5. The Kier molecular flexibility index (Phi) is 2.02. The average molecular weight is 172 g/mol. The lowest BCUT2D eigenvalue weighted by molar-refractivity contribution is -0.157. The summed E-state index contributed by atoms with van der Waals surface area (Å²) in [5, 5.41) is 8.61. The molecule has 4 nitrogen and oxygen atoms in total. The van der Waals surface area contributed by atoms with Gasteiger partial charge in [-0.3, -0.25) is 4.79 Å². The molecule has 0 aromatic carbocycles. The molecule has 12 heavy (non-hydrogen) atoms. The zero-order chi connectivity index (χ0) is 8.55. The maximum absolute atomic E-state index is 10.5. The second-order valence-corrected chi connectivity index (χ2v) is 3.38. The molecule has 0 unspecified atom stereocenters. The first-order chi connectivity index (χ1) is 5.77. The summed E-state index contributed by atoms with van der Waals surface area (Å²) in [6.07, 6.45) is 1.29. The molecule has 0 atom stereocenters. The minimum Gasteiger partial charge on any atom is -0.481 e. The Morgan fingerprint density at radius 1 is 1.25 bits per heavy atom. The van der Waals surface area contributed by atoms with E-state index in [1.807, 2.05) is 0 Å². The Balaban J connectivity index is 1.77. The van der Waals surface area contributed by atoms with Gasteiger partial charge in [-0.15, -0.1) is 0 Å². The van der Waals surface area contributed by atoms with Gasteiger partial charge in [0.1, 0.15) is 0 Å². The van der Waals surface area contributed by atoms with Crippen molar-refractivity contribution in [1.29, 1.82) is 0 Å². The van der Waals surface area contributed by atoms with Gasteiger partial charge in [0.15, 0.2) is 6.29 Å². The Labute approximate surface area is 70.5 Å². The van der Waals surface area contributed by atoms with Gasteiger partial charge in [-0.1, -0.05) is 0 Å². The van der Waals surface area contributed by atoms with Crippen LogP contribution in [0.3, 0.4) is 0 Å². The topological polar surface area (TPSA) is 55.8 Å². The Hall–Kier alpha value is -0.610. The van der Waals surface area contributed by atoms with Crippen LogP contribution < -0.4 is 0 Å². The largest absolute Gasteiger partial charge is 0.481 e. The second-order valence-electron chi connectivity index (χ2n) is 3.38. The van der Waals surface area contributed by atoms with Crippen molar-refractivity contribution in [3.63, 3.8) is 0 Å². The van der Waals surface area contributed by atoms with Crippen molar-refractivity contribution in [2.45, 2.75) is 19.1 Å². The molecule has 1 aliphatic carbocycles. The molecule has 1 N–H and O–H groups in total. The molecule has 4 heteroatoms. The van der Waals surface area contributed by atoms with Gasteiger partial charge in [0.05, 0.1) is 19.1 Å². The van der Waals surface area contributed by atoms with E-state index in [4.69, 9.17) is 14.6 Å². The fourth-order valence-corrected chi connectivity index (χ4v) is 1.73. The molecule has 1 aliphatic heterocycles. The molecule has 2 aliphatic rings. The maximum Gasteiger partial charge on any atom is 0.306 e. The molecule has 0 bridgehead atoms. The predicted octanol–water partition coefficient (Wildman–Crippen LogP) is 0.470. The van der Waals surface area contributed by atoms with E-state index in [-0.39, 0.29) is 12.2 Å². The first-order valence-corrected chi connectivity index (χ1v) is 4.23. The number of carboxylic acid groups (broad SMARTS) is 1. The number of aliphatic carboxylic acids is 1. The van der Waals surface area contributed by atoms with E-state index < -0.39 is 5.97 Å². The van der Waals surface area contributed by atoms with Crippen LogP contribution in [0.25, 0.3) is 0 Å². The van der Waals surface area contributed by atoms with Crippen LogP contribution in [-0.4, -0.2) is 30.6 Å². The van der Waals surface area contributed by atoms with Crippen molar-refractivity contribution < 1.29 is 19.4 Å². The van der Waals surface area contributed by atoms with E-state index in [0.717, 1.165) is 0 Å². The lowest BCUT2D eigenvalue weighted by Gasteiger charge is -2.34. The monoisotopic (exact) mass is 172 g/mol. The Morgan fingerprint density at radius 2 is 1.83 bits per heavy atom. The molecule has 1 heterocycles. The van der Waals surface area contributed by atoms with Crippen LogP contribution in [0, 0.1) is 11.8 Å². The summed E-state index contributed by atoms with van der Waals surface area (Å²) in [7, 11) is 0. The van der Waals surface area contributed by atoms with Crippen LogP contribution in [0.1, 0.15) is 12.8 Å². The van der Waals surface area contributed by atoms with E-state index in [1.54, 1.807) is 0 Å². The SMILES string of the molecule is O=C(O)C1CC(C2OCCO2)C1. The van der Waals surface area contributed by atoms with E-state index in [2.05, 4.69) is 0 Å². The fourth-order valence-electron chi connectivity index (χ4n) is 1.73. The average Bonchev–Trinajstić information content (AvgIpc) is 2.34. The highest BCUT2D eigenvalue weighted by Crippen LogP contribution is 2.38. The first kappa shape index (κ1) is 8.01. The molecule has 0 amide bonds. The minimum absolute atomic E-state index is 0.124. The predicted molar refractivity (Wildman–Crippen MR) is 39.5 cm³/mol. The summed E-state index contributed by atoms with van der Waals surface area (Å²) in [6, 6.07) is 0. The summed E-state index contributed by atoms with van der Waals surface area (Å²) in [6.45, 7) is 1.30. The molecule has 68 valence electrons. The lowest BCUT2D eigenvalue weighted by Crippen LogP contribution is -2.38. The molecule has 0 aromatic rings. The van der Waals surface area contributed by atoms with Gasteiger partial charge in [0.2, 0.25) is 0 Å². The van der Waals surface area contributed by atoms with Gasteiger partial charge >= 0.3 is 5.97 Å². The Morgan fingerprint density at radius 3 is 2.33 bits per heavy atom. The number of ether oxygens (including phenoxy) is 2. The van der Waals surface area contributed by atoms with Gasteiger partial charge in [-0.05, 0) is 12.8 Å². The van der Waals surface area contributed by atoms with E-state index in [9.17, 15) is 4.79 Å².